The molecule has 1 aromatic heterocycles. The number of nitrogens with one attached hydrogen (secondary N) is 1. The maximum atomic E-state index is 12.5. The minimum Gasteiger partial charge on any atom is -0.359 e. The highest BCUT2D eigenvalue weighted by molar-refractivity contribution is 7.89. The van der Waals surface area contributed by atoms with Gasteiger partial charge in [-0.1, -0.05) is 18.3 Å². The summed E-state index contributed by atoms with van der Waals surface area (Å²) in [7, 11) is -3.20. The van der Waals surface area contributed by atoms with Crippen LogP contribution in [0, 0.1) is 0 Å². The number of rotatable bonds is 5. The van der Waals surface area contributed by atoms with Crippen LogP contribution in [0.3, 0.4) is 0 Å². The molecular formula is C12H18F3N3O2S2. The molecule has 1 aromatic rings. The van der Waals surface area contributed by atoms with Crippen LogP contribution < -0.4 is 5.32 Å². The van der Waals surface area contributed by atoms with E-state index in [9.17, 15) is 21.6 Å². The van der Waals surface area contributed by atoms with Crippen LogP contribution >= 0.6 is 11.3 Å². The lowest BCUT2D eigenvalue weighted by molar-refractivity contribution is -0.134. The Morgan fingerprint density at radius 2 is 2.05 bits per heavy atom. The van der Waals surface area contributed by atoms with E-state index in [1.165, 1.54) is 4.31 Å². The second kappa shape index (κ2) is 6.71. The van der Waals surface area contributed by atoms with Crippen LogP contribution in [0.2, 0.25) is 0 Å². The average Bonchev–Trinajstić information content (AvgIpc) is 2.88. The summed E-state index contributed by atoms with van der Waals surface area (Å²) in [5, 5.41) is 3.19. The third-order valence-corrected chi connectivity index (χ3v) is 6.47. The van der Waals surface area contributed by atoms with Gasteiger partial charge in [-0.05, 0) is 19.3 Å². The van der Waals surface area contributed by atoms with E-state index in [1.807, 2.05) is 6.92 Å². The van der Waals surface area contributed by atoms with Crippen molar-refractivity contribution in [3.63, 3.8) is 0 Å². The van der Waals surface area contributed by atoms with Crippen molar-refractivity contribution < 1.29 is 21.6 Å². The van der Waals surface area contributed by atoms with Crippen LogP contribution in [0.5, 0.6) is 0 Å². The molecule has 1 aliphatic heterocycles. The van der Waals surface area contributed by atoms with Crippen LogP contribution in [0.1, 0.15) is 31.1 Å². The summed E-state index contributed by atoms with van der Waals surface area (Å²) >= 11 is 0.569. The SMILES string of the molecule is CCCS(=O)(=O)N1CCC(Nc2ncc(C(F)(F)F)s2)CC1. The molecule has 22 heavy (non-hydrogen) atoms. The fourth-order valence-electron chi connectivity index (χ4n) is 2.31. The molecule has 10 heteroatoms. The highest BCUT2D eigenvalue weighted by Crippen LogP contribution is 2.35. The van der Waals surface area contributed by atoms with Gasteiger partial charge in [0.1, 0.15) is 4.88 Å². The summed E-state index contributed by atoms with van der Waals surface area (Å²) in [5.74, 6) is 0.131. The number of sulfonamides is 1. The number of anilines is 1. The van der Waals surface area contributed by atoms with Gasteiger partial charge < -0.3 is 5.32 Å². The summed E-state index contributed by atoms with van der Waals surface area (Å²) in [6, 6.07) is -0.0553. The van der Waals surface area contributed by atoms with Gasteiger partial charge in [0.05, 0.1) is 11.9 Å². The van der Waals surface area contributed by atoms with Crippen molar-refractivity contribution in [1.29, 1.82) is 0 Å². The normalized spacial score (nSPS) is 18.5. The fraction of sp³-hybridized carbons (Fsp3) is 0.750. The molecule has 1 N–H and O–H groups in total. The van der Waals surface area contributed by atoms with Gasteiger partial charge in [0.2, 0.25) is 10.0 Å². The first-order chi connectivity index (χ1) is 10.2. The molecule has 0 bridgehead atoms. The molecule has 1 saturated heterocycles. The Hall–Kier alpha value is -0.870. The number of piperidine rings is 1. The number of nitrogens with zero attached hydrogens (tertiary/aromatic N) is 2. The molecular weight excluding hydrogens is 339 g/mol. The zero-order valence-corrected chi connectivity index (χ0v) is 13.7. The second-order valence-electron chi connectivity index (χ2n) is 5.16. The van der Waals surface area contributed by atoms with E-state index >= 15 is 0 Å². The van der Waals surface area contributed by atoms with Crippen molar-refractivity contribution in [2.45, 2.75) is 38.4 Å². The van der Waals surface area contributed by atoms with Gasteiger partial charge in [0.25, 0.3) is 0 Å². The Labute approximate surface area is 131 Å². The summed E-state index contributed by atoms with van der Waals surface area (Å²) < 4.78 is 62.8. The lowest BCUT2D eigenvalue weighted by Crippen LogP contribution is -2.43. The Kier molecular flexibility index (Phi) is 5.33. The Morgan fingerprint density at radius 3 is 2.55 bits per heavy atom. The summed E-state index contributed by atoms with van der Waals surface area (Å²) in [6.07, 6.45) is -1.88. The lowest BCUT2D eigenvalue weighted by Gasteiger charge is -2.31. The van der Waals surface area contributed by atoms with E-state index in [0.717, 1.165) is 6.20 Å². The number of halogens is 3. The van der Waals surface area contributed by atoms with Crippen molar-refractivity contribution >= 4 is 26.5 Å². The molecule has 0 unspecified atom stereocenters. The van der Waals surface area contributed by atoms with Gasteiger partial charge in [0, 0.05) is 19.1 Å². The maximum absolute atomic E-state index is 12.5. The number of aromatic nitrogens is 1. The minimum atomic E-state index is -4.38. The lowest BCUT2D eigenvalue weighted by atomic mass is 10.1. The highest BCUT2D eigenvalue weighted by Gasteiger charge is 2.34. The third-order valence-electron chi connectivity index (χ3n) is 3.42. The zero-order chi connectivity index (χ0) is 16.4. The molecule has 126 valence electrons. The summed E-state index contributed by atoms with van der Waals surface area (Å²) in [4.78, 5) is 2.99. The van der Waals surface area contributed by atoms with E-state index in [2.05, 4.69) is 10.3 Å². The van der Waals surface area contributed by atoms with Gasteiger partial charge in [0.15, 0.2) is 5.13 Å². The van der Waals surface area contributed by atoms with Crippen molar-refractivity contribution in [2.24, 2.45) is 0 Å². The Balaban J connectivity index is 1.89. The van der Waals surface area contributed by atoms with Crippen molar-refractivity contribution in [2.75, 3.05) is 24.2 Å². The van der Waals surface area contributed by atoms with E-state index in [0.29, 0.717) is 43.7 Å². The maximum Gasteiger partial charge on any atom is 0.427 e. The van der Waals surface area contributed by atoms with Crippen molar-refractivity contribution in [3.8, 4) is 0 Å². The largest absolute Gasteiger partial charge is 0.427 e. The molecule has 2 heterocycles. The predicted molar refractivity (Wildman–Crippen MR) is 79.4 cm³/mol. The van der Waals surface area contributed by atoms with Crippen LogP contribution in [-0.2, 0) is 16.2 Å². The van der Waals surface area contributed by atoms with Gasteiger partial charge in [-0.15, -0.1) is 0 Å². The fourth-order valence-corrected chi connectivity index (χ4v) is 4.61. The zero-order valence-electron chi connectivity index (χ0n) is 12.1. The van der Waals surface area contributed by atoms with E-state index in [1.54, 1.807) is 0 Å². The summed E-state index contributed by atoms with van der Waals surface area (Å²) in [5.41, 5.74) is 0. The van der Waals surface area contributed by atoms with Crippen LogP contribution in [0.25, 0.3) is 0 Å². The van der Waals surface area contributed by atoms with Crippen LogP contribution in [-0.4, -0.2) is 42.6 Å². The molecule has 0 radical (unpaired) electrons. The first kappa shape index (κ1) is 17.5. The molecule has 0 saturated carbocycles. The number of alkyl halides is 3. The average molecular weight is 357 g/mol. The standard InChI is InChI=1S/C12H18F3N3O2S2/c1-2-7-22(19,20)18-5-3-9(4-6-18)17-11-16-8-10(21-11)12(13,14)15/h8-9H,2-7H2,1H3,(H,16,17). The van der Waals surface area contributed by atoms with Gasteiger partial charge >= 0.3 is 6.18 Å². The molecule has 0 aliphatic carbocycles. The monoisotopic (exact) mass is 357 g/mol. The Morgan fingerprint density at radius 1 is 1.41 bits per heavy atom. The molecule has 0 amide bonds. The quantitative estimate of drug-likeness (QED) is 0.880. The second-order valence-corrected chi connectivity index (χ2v) is 8.28. The van der Waals surface area contributed by atoms with Gasteiger partial charge in [-0.2, -0.15) is 13.2 Å². The highest BCUT2D eigenvalue weighted by atomic mass is 32.2. The molecule has 0 aromatic carbocycles. The van der Waals surface area contributed by atoms with E-state index in [-0.39, 0.29) is 16.9 Å². The van der Waals surface area contributed by atoms with E-state index < -0.39 is 21.1 Å². The van der Waals surface area contributed by atoms with Crippen molar-refractivity contribution in [1.82, 2.24) is 9.29 Å². The molecule has 0 atom stereocenters. The molecule has 0 spiro atoms. The first-order valence-corrected chi connectivity index (χ1v) is 9.42. The molecule has 2 rings (SSSR count). The third kappa shape index (κ3) is 4.32. The van der Waals surface area contributed by atoms with Gasteiger partial charge in [-0.25, -0.2) is 17.7 Å². The molecule has 5 nitrogen and oxygen atoms in total. The molecule has 1 aliphatic rings. The van der Waals surface area contributed by atoms with Crippen molar-refractivity contribution in [3.05, 3.63) is 11.1 Å². The van der Waals surface area contributed by atoms with E-state index in [4.69, 9.17) is 0 Å². The summed E-state index contributed by atoms with van der Waals surface area (Å²) in [6.45, 7) is 2.58. The smallest absolute Gasteiger partial charge is 0.359 e. The number of hydrogen-bond donors (Lipinski definition) is 1. The van der Waals surface area contributed by atoms with Gasteiger partial charge in [-0.3, -0.25) is 0 Å². The number of hydrogen-bond acceptors (Lipinski definition) is 5. The predicted octanol–water partition coefficient (Wildman–Crippen LogP) is 2.78. The molecule has 1 fully saturated rings. The van der Waals surface area contributed by atoms with Crippen LogP contribution in [0.4, 0.5) is 18.3 Å². The first-order valence-electron chi connectivity index (χ1n) is 6.99. The minimum absolute atomic E-state index is 0.0553. The topological polar surface area (TPSA) is 62.3 Å². The Bertz CT molecular complexity index is 593. The number of thiazole rings is 1. The van der Waals surface area contributed by atoms with Crippen LogP contribution in [0.15, 0.2) is 6.20 Å².